The second kappa shape index (κ2) is 5.61. The number of esters is 1. The van der Waals surface area contributed by atoms with Gasteiger partial charge in [0.1, 0.15) is 5.57 Å². The molecule has 0 saturated carbocycles. The van der Waals surface area contributed by atoms with Gasteiger partial charge in [0, 0.05) is 11.0 Å². The Bertz CT molecular complexity index is 310. The van der Waals surface area contributed by atoms with E-state index in [0.717, 1.165) is 9.99 Å². The molecule has 0 aromatic rings. The van der Waals surface area contributed by atoms with Crippen molar-refractivity contribution in [2.75, 3.05) is 12.4 Å². The molecule has 0 unspecified atom stereocenters. The zero-order valence-electron chi connectivity index (χ0n) is 9.03. The minimum atomic E-state index is -0.492. The number of hydrogen-bond acceptors (Lipinski definition) is 5. The van der Waals surface area contributed by atoms with Crippen LogP contribution < -0.4 is 0 Å². The molecule has 3 nitrogen and oxygen atoms in total. The molecule has 15 heavy (non-hydrogen) atoms. The van der Waals surface area contributed by atoms with Gasteiger partial charge in [-0.15, -0.1) is 23.5 Å². The lowest BCUT2D eigenvalue weighted by molar-refractivity contribution is -0.139. The van der Waals surface area contributed by atoms with E-state index in [2.05, 4.69) is 6.92 Å². The Kier molecular flexibility index (Phi) is 4.73. The molecular formula is C10H14O3S2. The molecule has 0 spiro atoms. The van der Waals surface area contributed by atoms with Gasteiger partial charge in [-0.25, -0.2) is 4.79 Å². The van der Waals surface area contributed by atoms with Crippen LogP contribution in [0.1, 0.15) is 20.8 Å². The van der Waals surface area contributed by atoms with Crippen LogP contribution in [0.3, 0.4) is 0 Å². The third-order valence-corrected chi connectivity index (χ3v) is 4.77. The number of carbonyl (C=O) groups is 2. The van der Waals surface area contributed by atoms with Gasteiger partial charge in [-0.3, -0.25) is 4.79 Å². The van der Waals surface area contributed by atoms with Gasteiger partial charge in [-0.2, -0.15) is 0 Å². The number of carbonyl (C=O) groups excluding carboxylic acids is 2. The van der Waals surface area contributed by atoms with Gasteiger partial charge in [0.15, 0.2) is 5.78 Å². The second-order valence-electron chi connectivity index (χ2n) is 3.18. The van der Waals surface area contributed by atoms with Crippen molar-refractivity contribution >= 4 is 35.3 Å². The Morgan fingerprint density at radius 1 is 1.53 bits per heavy atom. The standard InChI is InChI=1S/C10H14O3S2/c1-4-13-9(12)8(7(3)11)10-14-5-6(2)15-10/h6H,4-5H2,1-3H3/b10-8-/t6-/m0/s1. The van der Waals surface area contributed by atoms with Gasteiger partial charge in [0.05, 0.1) is 10.8 Å². The van der Waals surface area contributed by atoms with E-state index < -0.39 is 5.97 Å². The van der Waals surface area contributed by atoms with Crippen molar-refractivity contribution in [3.63, 3.8) is 0 Å². The van der Waals surface area contributed by atoms with E-state index in [1.807, 2.05) is 0 Å². The minimum Gasteiger partial charge on any atom is -0.462 e. The molecule has 1 rings (SSSR count). The summed E-state index contributed by atoms with van der Waals surface area (Å²) in [5, 5.41) is 0.453. The normalized spacial score (nSPS) is 23.8. The summed E-state index contributed by atoms with van der Waals surface area (Å²) in [4.78, 5) is 22.9. The fourth-order valence-corrected chi connectivity index (χ4v) is 4.06. The molecule has 1 fully saturated rings. The van der Waals surface area contributed by atoms with Crippen LogP contribution in [-0.2, 0) is 14.3 Å². The maximum Gasteiger partial charge on any atom is 0.343 e. The zero-order chi connectivity index (χ0) is 11.4. The number of ether oxygens (including phenoxy) is 1. The third-order valence-electron chi connectivity index (χ3n) is 1.79. The molecule has 0 aromatic carbocycles. The average molecular weight is 246 g/mol. The highest BCUT2D eigenvalue weighted by molar-refractivity contribution is 8.25. The van der Waals surface area contributed by atoms with E-state index in [1.54, 1.807) is 30.4 Å². The highest BCUT2D eigenvalue weighted by atomic mass is 32.2. The average Bonchev–Trinajstić information content (AvgIpc) is 2.51. The monoisotopic (exact) mass is 246 g/mol. The summed E-state index contributed by atoms with van der Waals surface area (Å²) in [6.07, 6.45) is 0. The first kappa shape index (κ1) is 12.6. The van der Waals surface area contributed by atoms with Crippen LogP contribution in [0.4, 0.5) is 0 Å². The summed E-state index contributed by atoms with van der Waals surface area (Å²) in [5.41, 5.74) is 0.219. The Morgan fingerprint density at radius 3 is 2.60 bits per heavy atom. The largest absolute Gasteiger partial charge is 0.462 e. The molecule has 0 radical (unpaired) electrons. The zero-order valence-corrected chi connectivity index (χ0v) is 10.7. The quantitative estimate of drug-likeness (QED) is 0.330. The van der Waals surface area contributed by atoms with Gasteiger partial charge < -0.3 is 4.74 Å². The van der Waals surface area contributed by atoms with E-state index in [9.17, 15) is 9.59 Å². The molecular weight excluding hydrogens is 232 g/mol. The van der Waals surface area contributed by atoms with Gasteiger partial charge in [0.2, 0.25) is 0 Å². The Labute approximate surface area is 98.0 Å². The molecule has 1 aliphatic rings. The van der Waals surface area contributed by atoms with Crippen molar-refractivity contribution in [1.29, 1.82) is 0 Å². The maximum atomic E-state index is 11.6. The Morgan fingerprint density at radius 2 is 2.20 bits per heavy atom. The fraction of sp³-hybridized carbons (Fsp3) is 0.600. The van der Waals surface area contributed by atoms with Crippen molar-refractivity contribution in [2.45, 2.75) is 26.0 Å². The summed E-state index contributed by atoms with van der Waals surface area (Å²) in [6, 6.07) is 0. The molecule has 1 aliphatic heterocycles. The summed E-state index contributed by atoms with van der Waals surface area (Å²) in [7, 11) is 0. The van der Waals surface area contributed by atoms with Crippen molar-refractivity contribution in [3.8, 4) is 0 Å². The van der Waals surface area contributed by atoms with Crippen LogP contribution in [0.25, 0.3) is 0 Å². The fourth-order valence-electron chi connectivity index (χ4n) is 1.15. The number of ketones is 1. The molecule has 1 heterocycles. The van der Waals surface area contributed by atoms with E-state index >= 15 is 0 Å². The lowest BCUT2D eigenvalue weighted by atomic mass is 10.2. The lowest BCUT2D eigenvalue weighted by Crippen LogP contribution is -2.14. The van der Waals surface area contributed by atoms with Gasteiger partial charge in [-0.1, -0.05) is 6.92 Å². The van der Waals surface area contributed by atoms with Gasteiger partial charge in [0.25, 0.3) is 0 Å². The van der Waals surface area contributed by atoms with Crippen molar-refractivity contribution < 1.29 is 14.3 Å². The number of thioether (sulfide) groups is 2. The first-order chi connectivity index (χ1) is 7.06. The lowest BCUT2D eigenvalue weighted by Gasteiger charge is -2.06. The van der Waals surface area contributed by atoms with Gasteiger partial charge >= 0.3 is 5.97 Å². The highest BCUT2D eigenvalue weighted by Crippen LogP contribution is 2.43. The summed E-state index contributed by atoms with van der Waals surface area (Å²) >= 11 is 3.14. The van der Waals surface area contributed by atoms with Crippen molar-refractivity contribution in [1.82, 2.24) is 0 Å². The first-order valence-electron chi connectivity index (χ1n) is 4.78. The predicted molar refractivity (Wildman–Crippen MR) is 63.9 cm³/mol. The summed E-state index contributed by atoms with van der Waals surface area (Å²) < 4.78 is 5.68. The molecule has 1 atom stereocenters. The summed E-state index contributed by atoms with van der Waals surface area (Å²) in [5.74, 6) is 0.238. The van der Waals surface area contributed by atoms with Gasteiger partial charge in [-0.05, 0) is 13.8 Å². The van der Waals surface area contributed by atoms with Crippen LogP contribution in [0.2, 0.25) is 0 Å². The van der Waals surface area contributed by atoms with E-state index in [4.69, 9.17) is 4.74 Å². The minimum absolute atomic E-state index is 0.211. The molecule has 0 aliphatic carbocycles. The molecule has 1 saturated heterocycles. The maximum absolute atomic E-state index is 11.6. The second-order valence-corrected chi connectivity index (χ2v) is 5.92. The number of hydrogen-bond donors (Lipinski definition) is 0. The topological polar surface area (TPSA) is 43.4 Å². The predicted octanol–water partition coefficient (Wildman–Crippen LogP) is 2.22. The van der Waals surface area contributed by atoms with Crippen LogP contribution >= 0.6 is 23.5 Å². The molecule has 5 heteroatoms. The SMILES string of the molecule is CCOC(=O)/C(C(C)=O)=C1/SC[C@H](C)S1. The molecule has 0 amide bonds. The molecule has 84 valence electrons. The van der Waals surface area contributed by atoms with Crippen LogP contribution in [0, 0.1) is 0 Å². The van der Waals surface area contributed by atoms with Crippen LogP contribution in [0.15, 0.2) is 9.81 Å². The Balaban J connectivity index is 2.91. The molecule has 0 bridgehead atoms. The number of rotatable bonds is 3. The van der Waals surface area contributed by atoms with E-state index in [-0.39, 0.29) is 11.4 Å². The first-order valence-corrected chi connectivity index (χ1v) is 6.64. The van der Waals surface area contributed by atoms with Crippen LogP contribution in [-0.4, -0.2) is 29.4 Å². The van der Waals surface area contributed by atoms with E-state index in [0.29, 0.717) is 11.9 Å². The Hall–Kier alpha value is -0.420. The van der Waals surface area contributed by atoms with E-state index in [1.165, 1.54) is 6.92 Å². The molecule has 0 N–H and O–H groups in total. The van der Waals surface area contributed by atoms with Crippen molar-refractivity contribution in [3.05, 3.63) is 9.81 Å². The third kappa shape index (κ3) is 3.28. The number of Topliss-reactive ketones (excluding diaryl/α,β-unsaturated/α-hetero) is 1. The smallest absolute Gasteiger partial charge is 0.343 e. The van der Waals surface area contributed by atoms with Crippen molar-refractivity contribution in [2.24, 2.45) is 0 Å². The summed E-state index contributed by atoms with van der Waals surface area (Å²) in [6.45, 7) is 5.52. The van der Waals surface area contributed by atoms with Crippen LogP contribution in [0.5, 0.6) is 0 Å². The highest BCUT2D eigenvalue weighted by Gasteiger charge is 2.27. The molecule has 0 aromatic heterocycles.